The van der Waals surface area contributed by atoms with Gasteiger partial charge in [-0.2, -0.15) is 0 Å². The van der Waals surface area contributed by atoms with Crippen molar-refractivity contribution >= 4 is 0 Å². The van der Waals surface area contributed by atoms with E-state index in [-0.39, 0.29) is 5.82 Å². The fourth-order valence-electron chi connectivity index (χ4n) is 3.18. The van der Waals surface area contributed by atoms with Gasteiger partial charge in [0.25, 0.3) is 0 Å². The highest BCUT2D eigenvalue weighted by molar-refractivity contribution is 5.42. The molecule has 0 aliphatic carbocycles. The van der Waals surface area contributed by atoms with Crippen LogP contribution in [0.5, 0.6) is 11.5 Å². The van der Waals surface area contributed by atoms with Gasteiger partial charge in [-0.3, -0.25) is 0 Å². The van der Waals surface area contributed by atoms with Gasteiger partial charge in [0.05, 0.1) is 7.11 Å². The van der Waals surface area contributed by atoms with Crippen molar-refractivity contribution in [2.24, 2.45) is 5.92 Å². The lowest BCUT2D eigenvalue weighted by Crippen LogP contribution is -2.29. The van der Waals surface area contributed by atoms with E-state index in [1.165, 1.54) is 0 Å². The molecule has 2 aromatic carbocycles. The van der Waals surface area contributed by atoms with Crippen LogP contribution in [0.2, 0.25) is 0 Å². The molecule has 0 amide bonds. The van der Waals surface area contributed by atoms with Gasteiger partial charge in [-0.25, -0.2) is 4.39 Å². The third kappa shape index (κ3) is 4.06. The monoisotopic (exact) mass is 329 g/mol. The first-order chi connectivity index (χ1) is 11.8. The Bertz CT molecular complexity index is 654. The average molecular weight is 329 g/mol. The molecule has 1 aliphatic rings. The van der Waals surface area contributed by atoms with Gasteiger partial charge in [0.1, 0.15) is 12.4 Å². The van der Waals surface area contributed by atoms with Gasteiger partial charge in [-0.1, -0.05) is 30.3 Å². The molecular formula is C20H24FNO2. The molecule has 1 N–H and O–H groups in total. The number of halogens is 1. The Balaban J connectivity index is 1.76. The van der Waals surface area contributed by atoms with E-state index in [9.17, 15) is 4.39 Å². The van der Waals surface area contributed by atoms with Gasteiger partial charge in [0.2, 0.25) is 0 Å². The maximum atomic E-state index is 15.0. The number of hydrogen-bond acceptors (Lipinski definition) is 3. The fraction of sp³-hybridized carbons (Fsp3) is 0.400. The molecule has 1 fully saturated rings. The van der Waals surface area contributed by atoms with Crippen molar-refractivity contribution in [3.05, 3.63) is 59.4 Å². The summed E-state index contributed by atoms with van der Waals surface area (Å²) >= 11 is 0. The molecule has 0 aromatic heterocycles. The van der Waals surface area contributed by atoms with Crippen molar-refractivity contribution in [2.75, 3.05) is 20.2 Å². The summed E-state index contributed by atoms with van der Waals surface area (Å²) in [6, 6.07) is 13.3. The molecule has 1 saturated heterocycles. The summed E-state index contributed by atoms with van der Waals surface area (Å²) in [5.74, 6) is 1.10. The van der Waals surface area contributed by atoms with Crippen LogP contribution in [-0.4, -0.2) is 20.2 Å². The van der Waals surface area contributed by atoms with Gasteiger partial charge in [0.15, 0.2) is 11.6 Å². The number of hydrogen-bond donors (Lipinski definition) is 1. The lowest BCUT2D eigenvalue weighted by atomic mass is 9.90. The Morgan fingerprint density at radius 3 is 2.46 bits per heavy atom. The van der Waals surface area contributed by atoms with E-state index >= 15 is 0 Å². The molecule has 4 heteroatoms. The molecule has 3 rings (SSSR count). The third-order valence-corrected chi connectivity index (χ3v) is 4.57. The number of piperidine rings is 1. The van der Waals surface area contributed by atoms with Crippen molar-refractivity contribution in [3.63, 3.8) is 0 Å². The van der Waals surface area contributed by atoms with Crippen LogP contribution < -0.4 is 14.8 Å². The molecule has 0 unspecified atom stereocenters. The fourth-order valence-corrected chi connectivity index (χ4v) is 3.18. The lowest BCUT2D eigenvalue weighted by molar-refractivity contribution is 0.285. The van der Waals surface area contributed by atoms with Crippen molar-refractivity contribution in [3.8, 4) is 11.5 Å². The van der Waals surface area contributed by atoms with Gasteiger partial charge in [-0.05, 0) is 56.0 Å². The lowest BCUT2D eigenvalue weighted by Gasteiger charge is -2.24. The topological polar surface area (TPSA) is 30.5 Å². The first kappa shape index (κ1) is 16.8. The van der Waals surface area contributed by atoms with Crippen LogP contribution in [-0.2, 0) is 13.0 Å². The van der Waals surface area contributed by atoms with E-state index in [4.69, 9.17) is 9.47 Å². The zero-order valence-electron chi connectivity index (χ0n) is 14.1. The van der Waals surface area contributed by atoms with Crippen LogP contribution >= 0.6 is 0 Å². The predicted molar refractivity (Wildman–Crippen MR) is 93.0 cm³/mol. The van der Waals surface area contributed by atoms with Crippen LogP contribution in [0.15, 0.2) is 42.5 Å². The molecule has 1 aliphatic heterocycles. The molecule has 0 spiro atoms. The molecular weight excluding hydrogens is 305 g/mol. The van der Waals surface area contributed by atoms with E-state index in [0.29, 0.717) is 36.0 Å². The maximum absolute atomic E-state index is 15.0. The second-order valence-electron chi connectivity index (χ2n) is 6.23. The molecule has 1 heterocycles. The molecule has 2 aromatic rings. The van der Waals surface area contributed by atoms with E-state index in [0.717, 1.165) is 31.5 Å². The second-order valence-corrected chi connectivity index (χ2v) is 6.23. The molecule has 24 heavy (non-hydrogen) atoms. The van der Waals surface area contributed by atoms with Crippen LogP contribution in [0.25, 0.3) is 0 Å². The van der Waals surface area contributed by atoms with Crippen molar-refractivity contribution in [2.45, 2.75) is 25.9 Å². The van der Waals surface area contributed by atoms with Crippen molar-refractivity contribution in [1.82, 2.24) is 5.32 Å². The Kier molecular flexibility index (Phi) is 5.70. The molecule has 3 nitrogen and oxygen atoms in total. The number of nitrogens with one attached hydrogen (secondary N) is 1. The minimum absolute atomic E-state index is 0.288. The van der Waals surface area contributed by atoms with E-state index in [1.54, 1.807) is 19.2 Å². The third-order valence-electron chi connectivity index (χ3n) is 4.57. The van der Waals surface area contributed by atoms with Gasteiger partial charge >= 0.3 is 0 Å². The normalized spacial score (nSPS) is 15.2. The first-order valence-corrected chi connectivity index (χ1v) is 8.50. The zero-order chi connectivity index (χ0) is 16.8. The summed E-state index contributed by atoms with van der Waals surface area (Å²) in [6.45, 7) is 2.36. The summed E-state index contributed by atoms with van der Waals surface area (Å²) in [4.78, 5) is 0. The largest absolute Gasteiger partial charge is 0.496 e. The first-order valence-electron chi connectivity index (χ1n) is 8.50. The average Bonchev–Trinajstić information content (AvgIpc) is 2.64. The Labute approximate surface area is 142 Å². The van der Waals surface area contributed by atoms with E-state index in [1.807, 2.05) is 30.3 Å². The van der Waals surface area contributed by atoms with E-state index < -0.39 is 0 Å². The van der Waals surface area contributed by atoms with Gasteiger partial charge in [0, 0.05) is 5.56 Å². The Morgan fingerprint density at radius 2 is 1.75 bits per heavy atom. The van der Waals surface area contributed by atoms with E-state index in [2.05, 4.69) is 5.32 Å². The molecule has 0 atom stereocenters. The summed E-state index contributed by atoms with van der Waals surface area (Å²) in [6.07, 6.45) is 2.83. The summed E-state index contributed by atoms with van der Waals surface area (Å²) < 4.78 is 26.0. The minimum atomic E-state index is -0.288. The molecule has 128 valence electrons. The Morgan fingerprint density at radius 1 is 1.04 bits per heavy atom. The second kappa shape index (κ2) is 8.15. The zero-order valence-corrected chi connectivity index (χ0v) is 14.1. The van der Waals surface area contributed by atoms with Gasteiger partial charge < -0.3 is 14.8 Å². The number of benzene rings is 2. The highest BCUT2D eigenvalue weighted by Gasteiger charge is 2.21. The molecule has 0 saturated carbocycles. The highest BCUT2D eigenvalue weighted by Crippen LogP contribution is 2.33. The minimum Gasteiger partial charge on any atom is -0.496 e. The SMILES string of the molecule is COc1ccc(OCc2ccccc2)c(F)c1CC1CCNCC1. The van der Waals surface area contributed by atoms with Crippen molar-refractivity contribution < 1.29 is 13.9 Å². The number of ether oxygens (including phenoxy) is 2. The predicted octanol–water partition coefficient (Wildman–Crippen LogP) is 3.96. The molecule has 0 radical (unpaired) electrons. The number of rotatable bonds is 6. The van der Waals surface area contributed by atoms with Crippen molar-refractivity contribution in [1.29, 1.82) is 0 Å². The molecule has 0 bridgehead atoms. The quantitative estimate of drug-likeness (QED) is 0.870. The summed E-state index contributed by atoms with van der Waals surface area (Å²) in [7, 11) is 1.59. The maximum Gasteiger partial charge on any atom is 0.171 e. The highest BCUT2D eigenvalue weighted by atomic mass is 19.1. The van der Waals surface area contributed by atoms with Crippen LogP contribution in [0.4, 0.5) is 4.39 Å². The van der Waals surface area contributed by atoms with Crippen LogP contribution in [0.1, 0.15) is 24.0 Å². The summed E-state index contributed by atoms with van der Waals surface area (Å²) in [5, 5.41) is 3.34. The summed E-state index contributed by atoms with van der Waals surface area (Å²) in [5.41, 5.74) is 1.66. The smallest absolute Gasteiger partial charge is 0.171 e. The van der Waals surface area contributed by atoms with Crippen LogP contribution in [0, 0.1) is 11.7 Å². The standard InChI is InChI=1S/C20H24FNO2/c1-23-18-7-8-19(24-14-16-5-3-2-4-6-16)20(21)17(18)13-15-9-11-22-12-10-15/h2-8,15,22H,9-14H2,1H3. The van der Waals surface area contributed by atoms with Crippen LogP contribution in [0.3, 0.4) is 0 Å². The Hall–Kier alpha value is -2.07. The van der Waals surface area contributed by atoms with Gasteiger partial charge in [-0.15, -0.1) is 0 Å². The number of methoxy groups -OCH3 is 1.